The third-order valence-corrected chi connectivity index (χ3v) is 4.84. The molecule has 1 aliphatic rings. The van der Waals surface area contributed by atoms with Crippen LogP contribution in [0.25, 0.3) is 0 Å². The van der Waals surface area contributed by atoms with Gasteiger partial charge in [-0.25, -0.2) is 17.5 Å². The Morgan fingerprint density at radius 2 is 2.16 bits per heavy atom. The van der Waals surface area contributed by atoms with Crippen molar-refractivity contribution in [2.75, 3.05) is 12.8 Å². The number of anilines is 1. The minimum atomic E-state index is -3.67. The van der Waals surface area contributed by atoms with Gasteiger partial charge >= 0.3 is 0 Å². The van der Waals surface area contributed by atoms with E-state index in [1.165, 1.54) is 6.07 Å². The molecule has 0 aliphatic heterocycles. The second-order valence-electron chi connectivity index (χ2n) is 4.67. The maximum absolute atomic E-state index is 13.0. The molecule has 2 rings (SSSR count). The quantitative estimate of drug-likeness (QED) is 0.817. The van der Waals surface area contributed by atoms with Crippen LogP contribution in [-0.4, -0.2) is 27.7 Å². The van der Waals surface area contributed by atoms with Gasteiger partial charge in [-0.05, 0) is 37.5 Å². The van der Waals surface area contributed by atoms with Gasteiger partial charge in [0.05, 0.1) is 16.7 Å². The summed E-state index contributed by atoms with van der Waals surface area (Å²) < 4.78 is 45.1. The Labute approximate surface area is 112 Å². The Morgan fingerprint density at radius 3 is 2.74 bits per heavy atom. The fraction of sp³-hybridized carbons (Fsp3) is 0.500. The van der Waals surface area contributed by atoms with E-state index in [-0.39, 0.29) is 22.7 Å². The van der Waals surface area contributed by atoms with E-state index in [1.54, 1.807) is 7.11 Å². The first kappa shape index (κ1) is 14.2. The second kappa shape index (κ2) is 5.44. The van der Waals surface area contributed by atoms with Crippen LogP contribution in [-0.2, 0) is 14.8 Å². The zero-order valence-corrected chi connectivity index (χ0v) is 11.4. The molecule has 3 N–H and O–H groups in total. The molecular formula is C12H17FN2O3S. The van der Waals surface area contributed by atoms with Crippen molar-refractivity contribution < 1.29 is 17.5 Å². The van der Waals surface area contributed by atoms with Gasteiger partial charge in [0, 0.05) is 13.2 Å². The van der Waals surface area contributed by atoms with E-state index in [0.717, 1.165) is 25.0 Å². The first-order valence-electron chi connectivity index (χ1n) is 6.02. The minimum absolute atomic E-state index is 0.0210. The van der Waals surface area contributed by atoms with E-state index in [9.17, 15) is 12.8 Å². The number of halogens is 1. The summed E-state index contributed by atoms with van der Waals surface area (Å²) in [5.41, 5.74) is 5.21. The Hall–Kier alpha value is -1.18. The van der Waals surface area contributed by atoms with Crippen LogP contribution in [0.15, 0.2) is 23.1 Å². The number of sulfonamides is 1. The Bertz CT molecular complexity index is 562. The van der Waals surface area contributed by atoms with Gasteiger partial charge in [0.2, 0.25) is 10.0 Å². The second-order valence-corrected chi connectivity index (χ2v) is 6.39. The van der Waals surface area contributed by atoms with Crippen LogP contribution in [0.1, 0.15) is 19.3 Å². The zero-order chi connectivity index (χ0) is 14.0. The van der Waals surface area contributed by atoms with Crippen molar-refractivity contribution in [2.45, 2.75) is 36.3 Å². The molecule has 19 heavy (non-hydrogen) atoms. The smallest absolute Gasteiger partial charge is 0.240 e. The fourth-order valence-corrected chi connectivity index (χ4v) is 3.56. The molecular weight excluding hydrogens is 271 g/mol. The van der Waals surface area contributed by atoms with Crippen molar-refractivity contribution in [3.8, 4) is 0 Å². The highest BCUT2D eigenvalue weighted by Crippen LogP contribution is 2.24. The minimum Gasteiger partial charge on any atom is -0.396 e. The van der Waals surface area contributed by atoms with Crippen molar-refractivity contribution >= 4 is 15.7 Å². The average Bonchev–Trinajstić information content (AvgIpc) is 2.79. The van der Waals surface area contributed by atoms with Gasteiger partial charge in [-0.2, -0.15) is 0 Å². The first-order valence-corrected chi connectivity index (χ1v) is 7.51. The number of rotatable bonds is 4. The van der Waals surface area contributed by atoms with Crippen LogP contribution in [0.2, 0.25) is 0 Å². The molecule has 1 fully saturated rings. The SMILES string of the molecule is COC1CCC(NS(=O)(=O)c2ccc(F)c(N)c2)C1. The lowest BCUT2D eigenvalue weighted by atomic mass is 10.3. The molecule has 1 aliphatic carbocycles. The predicted molar refractivity (Wildman–Crippen MR) is 69.6 cm³/mol. The summed E-state index contributed by atoms with van der Waals surface area (Å²) in [5, 5.41) is 0. The number of nitrogen functional groups attached to an aromatic ring is 1. The number of methoxy groups -OCH3 is 1. The largest absolute Gasteiger partial charge is 0.396 e. The van der Waals surface area contributed by atoms with Gasteiger partial charge in [-0.3, -0.25) is 0 Å². The van der Waals surface area contributed by atoms with Crippen molar-refractivity contribution in [3.63, 3.8) is 0 Å². The summed E-state index contributed by atoms with van der Waals surface area (Å²) in [4.78, 5) is -0.0210. The van der Waals surface area contributed by atoms with Crippen molar-refractivity contribution in [2.24, 2.45) is 0 Å². The molecule has 1 saturated carbocycles. The average molecular weight is 288 g/mol. The molecule has 0 bridgehead atoms. The van der Waals surface area contributed by atoms with Crippen LogP contribution < -0.4 is 10.5 Å². The normalized spacial score (nSPS) is 23.7. The molecule has 7 heteroatoms. The molecule has 106 valence electrons. The van der Waals surface area contributed by atoms with Crippen molar-refractivity contribution in [3.05, 3.63) is 24.0 Å². The number of ether oxygens (including phenoxy) is 1. The van der Waals surface area contributed by atoms with Gasteiger partial charge in [-0.1, -0.05) is 0 Å². The summed E-state index contributed by atoms with van der Waals surface area (Å²) in [6.45, 7) is 0. The Kier molecular flexibility index (Phi) is 4.07. The van der Waals surface area contributed by atoms with Crippen molar-refractivity contribution in [1.29, 1.82) is 0 Å². The summed E-state index contributed by atoms with van der Waals surface area (Å²) >= 11 is 0. The standard InChI is InChI=1S/C12H17FN2O3S/c1-18-9-3-2-8(6-9)15-19(16,17)10-4-5-11(13)12(14)7-10/h4-5,7-9,15H,2-3,6,14H2,1H3. The lowest BCUT2D eigenvalue weighted by Gasteiger charge is -2.13. The molecule has 1 aromatic carbocycles. The van der Waals surface area contributed by atoms with Crippen LogP contribution >= 0.6 is 0 Å². The number of hydrogen-bond donors (Lipinski definition) is 2. The van der Waals surface area contributed by atoms with E-state index in [0.29, 0.717) is 6.42 Å². The van der Waals surface area contributed by atoms with E-state index in [1.807, 2.05) is 0 Å². The van der Waals surface area contributed by atoms with Crippen LogP contribution in [0, 0.1) is 5.82 Å². The monoisotopic (exact) mass is 288 g/mol. The molecule has 1 aromatic rings. The summed E-state index contributed by atoms with van der Waals surface area (Å²) in [7, 11) is -2.05. The number of benzene rings is 1. The fourth-order valence-electron chi connectivity index (χ4n) is 2.24. The molecule has 0 saturated heterocycles. The highest BCUT2D eigenvalue weighted by Gasteiger charge is 2.28. The topological polar surface area (TPSA) is 81.4 Å². The molecule has 2 unspecified atom stereocenters. The highest BCUT2D eigenvalue weighted by atomic mass is 32.2. The number of nitrogens with one attached hydrogen (secondary N) is 1. The molecule has 0 radical (unpaired) electrons. The molecule has 0 heterocycles. The van der Waals surface area contributed by atoms with Gasteiger partial charge < -0.3 is 10.5 Å². The molecule has 2 atom stereocenters. The van der Waals surface area contributed by atoms with E-state index in [4.69, 9.17) is 10.5 Å². The van der Waals surface area contributed by atoms with E-state index in [2.05, 4.69) is 4.72 Å². The zero-order valence-electron chi connectivity index (χ0n) is 10.6. The van der Waals surface area contributed by atoms with Gasteiger partial charge in [0.1, 0.15) is 5.82 Å². The lowest BCUT2D eigenvalue weighted by molar-refractivity contribution is 0.107. The highest BCUT2D eigenvalue weighted by molar-refractivity contribution is 7.89. The summed E-state index contributed by atoms with van der Waals surface area (Å²) in [5.74, 6) is -0.626. The Balaban J connectivity index is 2.12. The molecule has 0 spiro atoms. The maximum Gasteiger partial charge on any atom is 0.240 e. The number of nitrogens with two attached hydrogens (primary N) is 1. The van der Waals surface area contributed by atoms with Crippen LogP contribution in [0.4, 0.5) is 10.1 Å². The first-order chi connectivity index (χ1) is 8.92. The van der Waals surface area contributed by atoms with Gasteiger partial charge in [-0.15, -0.1) is 0 Å². The van der Waals surface area contributed by atoms with E-state index >= 15 is 0 Å². The molecule has 0 aromatic heterocycles. The summed E-state index contributed by atoms with van der Waals surface area (Å²) in [6.07, 6.45) is 2.29. The lowest BCUT2D eigenvalue weighted by Crippen LogP contribution is -2.33. The third-order valence-electron chi connectivity index (χ3n) is 3.32. The third kappa shape index (κ3) is 3.23. The van der Waals surface area contributed by atoms with Gasteiger partial charge in [0.15, 0.2) is 0 Å². The maximum atomic E-state index is 13.0. The van der Waals surface area contributed by atoms with Gasteiger partial charge in [0.25, 0.3) is 0 Å². The number of hydrogen-bond acceptors (Lipinski definition) is 4. The summed E-state index contributed by atoms with van der Waals surface area (Å²) in [6, 6.07) is 3.23. The van der Waals surface area contributed by atoms with Crippen molar-refractivity contribution in [1.82, 2.24) is 4.72 Å². The van der Waals surface area contributed by atoms with Crippen LogP contribution in [0.3, 0.4) is 0 Å². The molecule has 0 amide bonds. The molecule has 5 nitrogen and oxygen atoms in total. The predicted octanol–water partition coefficient (Wildman–Crippen LogP) is 1.25. The van der Waals surface area contributed by atoms with Crippen LogP contribution in [0.5, 0.6) is 0 Å². The van der Waals surface area contributed by atoms with E-state index < -0.39 is 15.8 Å². The Morgan fingerprint density at radius 1 is 1.42 bits per heavy atom.